The van der Waals surface area contributed by atoms with Crippen molar-refractivity contribution in [3.8, 4) is 0 Å². The van der Waals surface area contributed by atoms with Crippen molar-refractivity contribution in [1.29, 1.82) is 0 Å². The number of piperazine rings is 1. The van der Waals surface area contributed by atoms with E-state index in [2.05, 4.69) is 4.90 Å². The second kappa shape index (κ2) is 6.92. The summed E-state index contributed by atoms with van der Waals surface area (Å²) in [5.74, 6) is 0. The topological polar surface area (TPSA) is 49.9 Å². The van der Waals surface area contributed by atoms with E-state index >= 15 is 0 Å². The van der Waals surface area contributed by atoms with Gasteiger partial charge in [-0.05, 0) is 13.8 Å². The number of alkyl halides is 2. The molecule has 0 unspecified atom stereocenters. The quantitative estimate of drug-likeness (QED) is 0.675. The van der Waals surface area contributed by atoms with Gasteiger partial charge in [0.1, 0.15) is 6.61 Å². The largest absolute Gasteiger partial charge is 0.374 e. The molecule has 1 aliphatic rings. The maximum atomic E-state index is 11.9. The van der Waals surface area contributed by atoms with Gasteiger partial charge in [0.05, 0.1) is 12.9 Å². The second-order valence-electron chi connectivity index (χ2n) is 4.99. The molecule has 0 spiro atoms. The Balaban J connectivity index is 2.43. The average Bonchev–Trinajstić information content (AvgIpc) is 2.26. The van der Waals surface area contributed by atoms with Crippen LogP contribution in [0, 0.1) is 0 Å². The molecule has 0 aliphatic carbocycles. The highest BCUT2D eigenvalue weighted by molar-refractivity contribution is 7.88. The van der Waals surface area contributed by atoms with Crippen molar-refractivity contribution in [3.05, 3.63) is 0 Å². The third-order valence-corrected chi connectivity index (χ3v) is 4.61. The molecule has 0 N–H and O–H groups in total. The summed E-state index contributed by atoms with van der Waals surface area (Å²) in [7, 11) is -3.19. The fourth-order valence-corrected chi connectivity index (χ4v) is 3.50. The first kappa shape index (κ1) is 16.7. The fourth-order valence-electron chi connectivity index (χ4n) is 2.29. The van der Waals surface area contributed by atoms with Crippen LogP contribution in [0.4, 0.5) is 8.78 Å². The molecule has 8 heteroatoms. The highest BCUT2D eigenvalue weighted by Crippen LogP contribution is 2.17. The van der Waals surface area contributed by atoms with E-state index in [1.807, 2.05) is 13.8 Å². The highest BCUT2D eigenvalue weighted by Gasteiger charge is 2.33. The molecule has 0 saturated carbocycles. The van der Waals surface area contributed by atoms with Crippen LogP contribution in [-0.2, 0) is 14.8 Å². The van der Waals surface area contributed by atoms with Gasteiger partial charge in [0, 0.05) is 31.7 Å². The zero-order valence-corrected chi connectivity index (χ0v) is 12.4. The molecular formula is C11H22F2N2O3S. The molecule has 1 heterocycles. The molecule has 0 aromatic heterocycles. The number of ether oxygens (including phenoxy) is 1. The maximum absolute atomic E-state index is 11.9. The smallest absolute Gasteiger partial charge is 0.261 e. The predicted octanol–water partition coefficient (Wildman–Crippen LogP) is 0.622. The zero-order chi connectivity index (χ0) is 14.6. The van der Waals surface area contributed by atoms with E-state index in [1.54, 1.807) is 0 Å². The summed E-state index contributed by atoms with van der Waals surface area (Å²) >= 11 is 0. The van der Waals surface area contributed by atoms with E-state index in [0.717, 1.165) is 0 Å². The van der Waals surface area contributed by atoms with Crippen LogP contribution >= 0.6 is 0 Å². The SMILES string of the molecule is C[C@H]1CN(S(C)(=O)=O)[C@@H](C)CN1CCOCC(F)F. The van der Waals surface area contributed by atoms with Crippen molar-refractivity contribution in [2.45, 2.75) is 32.4 Å². The Morgan fingerprint density at radius 2 is 1.89 bits per heavy atom. The lowest BCUT2D eigenvalue weighted by Gasteiger charge is -2.42. The number of nitrogens with zero attached hydrogens (tertiary/aromatic N) is 2. The lowest BCUT2D eigenvalue weighted by atomic mass is 10.1. The first-order valence-corrected chi connectivity index (χ1v) is 8.13. The van der Waals surface area contributed by atoms with Gasteiger partial charge in [0.2, 0.25) is 10.0 Å². The molecule has 1 aliphatic heterocycles. The van der Waals surface area contributed by atoms with E-state index in [0.29, 0.717) is 19.6 Å². The van der Waals surface area contributed by atoms with Crippen molar-refractivity contribution in [2.24, 2.45) is 0 Å². The monoisotopic (exact) mass is 300 g/mol. The Kier molecular flexibility index (Phi) is 6.10. The van der Waals surface area contributed by atoms with E-state index in [9.17, 15) is 17.2 Å². The Labute approximate surface area is 113 Å². The van der Waals surface area contributed by atoms with Crippen LogP contribution in [0.15, 0.2) is 0 Å². The van der Waals surface area contributed by atoms with Crippen molar-refractivity contribution < 1.29 is 21.9 Å². The lowest BCUT2D eigenvalue weighted by Crippen LogP contribution is -2.58. The van der Waals surface area contributed by atoms with Crippen molar-refractivity contribution >= 4 is 10.0 Å². The summed E-state index contributed by atoms with van der Waals surface area (Å²) in [5.41, 5.74) is 0. The van der Waals surface area contributed by atoms with Gasteiger partial charge in [0.15, 0.2) is 0 Å². The summed E-state index contributed by atoms with van der Waals surface area (Å²) in [6, 6.07) is -0.0534. The third kappa shape index (κ3) is 5.29. The Morgan fingerprint density at radius 1 is 1.26 bits per heavy atom. The molecule has 0 aromatic rings. The van der Waals surface area contributed by atoms with E-state index in [4.69, 9.17) is 4.74 Å². The van der Waals surface area contributed by atoms with Crippen molar-refractivity contribution in [3.63, 3.8) is 0 Å². The third-order valence-electron chi connectivity index (χ3n) is 3.25. The number of sulfonamides is 1. The molecule has 0 aromatic carbocycles. The number of rotatable bonds is 6. The maximum Gasteiger partial charge on any atom is 0.261 e. The lowest BCUT2D eigenvalue weighted by molar-refractivity contribution is -0.00193. The minimum Gasteiger partial charge on any atom is -0.374 e. The molecule has 0 amide bonds. The van der Waals surface area contributed by atoms with Crippen LogP contribution in [0.25, 0.3) is 0 Å². The van der Waals surface area contributed by atoms with Crippen LogP contribution in [0.3, 0.4) is 0 Å². The van der Waals surface area contributed by atoms with E-state index < -0.39 is 23.1 Å². The molecule has 1 saturated heterocycles. The molecular weight excluding hydrogens is 278 g/mol. The van der Waals surface area contributed by atoms with Gasteiger partial charge in [0.25, 0.3) is 6.43 Å². The van der Waals surface area contributed by atoms with Gasteiger partial charge >= 0.3 is 0 Å². The molecule has 114 valence electrons. The van der Waals surface area contributed by atoms with Gasteiger partial charge in [-0.1, -0.05) is 0 Å². The van der Waals surface area contributed by atoms with Crippen LogP contribution < -0.4 is 0 Å². The summed E-state index contributed by atoms with van der Waals surface area (Å²) in [5, 5.41) is 0. The van der Waals surface area contributed by atoms with Crippen LogP contribution in [0.2, 0.25) is 0 Å². The Bertz CT molecular complexity index is 378. The number of halogens is 2. The van der Waals surface area contributed by atoms with Gasteiger partial charge in [-0.2, -0.15) is 4.31 Å². The standard InChI is InChI=1S/C11H22F2N2O3S/c1-9-7-15(19(3,16)17)10(2)6-14(9)4-5-18-8-11(12)13/h9-11H,4-8H2,1-3H3/t9-,10-/m0/s1. The molecule has 1 fully saturated rings. The van der Waals surface area contributed by atoms with Crippen molar-refractivity contribution in [1.82, 2.24) is 9.21 Å². The molecule has 2 atom stereocenters. The van der Waals surface area contributed by atoms with Crippen LogP contribution in [0.1, 0.15) is 13.8 Å². The molecule has 0 bridgehead atoms. The van der Waals surface area contributed by atoms with Gasteiger partial charge in [-0.15, -0.1) is 0 Å². The zero-order valence-electron chi connectivity index (χ0n) is 11.6. The number of hydrogen-bond acceptors (Lipinski definition) is 4. The van der Waals surface area contributed by atoms with Gasteiger partial charge < -0.3 is 4.74 Å². The summed E-state index contributed by atoms with van der Waals surface area (Å²) in [6.07, 6.45) is -1.24. The summed E-state index contributed by atoms with van der Waals surface area (Å²) < 4.78 is 53.3. The van der Waals surface area contributed by atoms with E-state index in [-0.39, 0.29) is 18.7 Å². The first-order valence-electron chi connectivity index (χ1n) is 6.28. The molecule has 5 nitrogen and oxygen atoms in total. The normalized spacial score (nSPS) is 27.1. The summed E-state index contributed by atoms with van der Waals surface area (Å²) in [4.78, 5) is 2.07. The Hall–Kier alpha value is -0.310. The fraction of sp³-hybridized carbons (Fsp3) is 1.00. The second-order valence-corrected chi connectivity index (χ2v) is 6.93. The highest BCUT2D eigenvalue weighted by atomic mass is 32.2. The average molecular weight is 300 g/mol. The predicted molar refractivity (Wildman–Crippen MR) is 68.9 cm³/mol. The van der Waals surface area contributed by atoms with Crippen molar-refractivity contribution in [2.75, 3.05) is 39.1 Å². The molecule has 19 heavy (non-hydrogen) atoms. The summed E-state index contributed by atoms with van der Waals surface area (Å²) in [6.45, 7) is 5.02. The van der Waals surface area contributed by atoms with Crippen LogP contribution in [0.5, 0.6) is 0 Å². The Morgan fingerprint density at radius 3 is 2.42 bits per heavy atom. The molecule has 0 radical (unpaired) electrons. The minimum absolute atomic E-state index is 0.0566. The first-order chi connectivity index (χ1) is 8.71. The van der Waals surface area contributed by atoms with E-state index in [1.165, 1.54) is 10.6 Å². The minimum atomic E-state index is -3.19. The van der Waals surface area contributed by atoms with Gasteiger partial charge in [-0.25, -0.2) is 17.2 Å². The number of hydrogen-bond donors (Lipinski definition) is 0. The molecule has 1 rings (SSSR count). The van der Waals surface area contributed by atoms with Gasteiger partial charge in [-0.3, -0.25) is 4.90 Å². The van der Waals surface area contributed by atoms with Crippen LogP contribution in [-0.4, -0.2) is 75.2 Å².